The zero-order valence-electron chi connectivity index (χ0n) is 19.7. The van der Waals surface area contributed by atoms with E-state index >= 15 is 0 Å². The van der Waals surface area contributed by atoms with Crippen molar-refractivity contribution in [3.63, 3.8) is 0 Å². The lowest BCUT2D eigenvalue weighted by Crippen LogP contribution is -2.55. The second-order valence-electron chi connectivity index (χ2n) is 11.4. The molecule has 0 unspecified atom stereocenters. The molecule has 6 rings (SSSR count). The molecule has 32 heavy (non-hydrogen) atoms. The van der Waals surface area contributed by atoms with Gasteiger partial charge in [-0.1, -0.05) is 37.3 Å². The van der Waals surface area contributed by atoms with E-state index < -0.39 is 0 Å². The van der Waals surface area contributed by atoms with Crippen molar-refractivity contribution in [2.24, 2.45) is 17.3 Å². The summed E-state index contributed by atoms with van der Waals surface area (Å²) in [6, 6.07) is 10.5. The van der Waals surface area contributed by atoms with E-state index in [9.17, 15) is 4.79 Å². The number of fused-ring (bicyclic) bond motifs is 1. The van der Waals surface area contributed by atoms with Gasteiger partial charge in [0.2, 0.25) is 5.91 Å². The zero-order chi connectivity index (χ0) is 22.1. The van der Waals surface area contributed by atoms with E-state index in [0.29, 0.717) is 12.0 Å². The Hall–Kier alpha value is -1.91. The highest BCUT2D eigenvalue weighted by atomic mass is 16.5. The third kappa shape index (κ3) is 2.78. The van der Waals surface area contributed by atoms with E-state index in [-0.39, 0.29) is 28.4 Å². The first-order chi connectivity index (χ1) is 15.4. The van der Waals surface area contributed by atoms with Gasteiger partial charge in [-0.3, -0.25) is 4.79 Å². The van der Waals surface area contributed by atoms with E-state index in [2.05, 4.69) is 43.4 Å². The van der Waals surface area contributed by atoms with Gasteiger partial charge in [-0.2, -0.15) is 0 Å². The third-order valence-corrected chi connectivity index (χ3v) is 9.74. The van der Waals surface area contributed by atoms with Crippen LogP contribution in [0.5, 0.6) is 0 Å². The summed E-state index contributed by atoms with van der Waals surface area (Å²) in [5, 5.41) is 3.20. The quantitative estimate of drug-likeness (QED) is 0.702. The number of nitrogens with zero attached hydrogens (tertiary/aromatic N) is 1. The number of para-hydroxylation sites is 1. The molecule has 0 radical (unpaired) electrons. The van der Waals surface area contributed by atoms with Gasteiger partial charge in [0.25, 0.3) is 0 Å². The molecule has 2 spiro atoms. The maximum Gasteiger partial charge on any atom is 0.228 e. The molecular weight excluding hydrogens is 396 g/mol. The summed E-state index contributed by atoms with van der Waals surface area (Å²) < 4.78 is 7.29. The summed E-state index contributed by atoms with van der Waals surface area (Å²) in [7, 11) is 4.42. The highest BCUT2D eigenvalue weighted by Crippen LogP contribution is 2.67. The van der Waals surface area contributed by atoms with Crippen molar-refractivity contribution in [1.82, 2.24) is 4.90 Å². The molecule has 1 amide bonds. The van der Waals surface area contributed by atoms with Gasteiger partial charge in [0.05, 0.1) is 11.2 Å². The number of amides is 1. The predicted molar refractivity (Wildman–Crippen MR) is 127 cm³/mol. The van der Waals surface area contributed by atoms with Gasteiger partial charge in [0, 0.05) is 17.6 Å². The lowest BCUT2D eigenvalue weighted by molar-refractivity contribution is -0.146. The second kappa shape index (κ2) is 7.04. The Labute approximate surface area is 192 Å². The van der Waals surface area contributed by atoms with Crippen LogP contribution in [0.15, 0.2) is 53.6 Å². The van der Waals surface area contributed by atoms with E-state index in [0.717, 1.165) is 50.6 Å². The lowest BCUT2D eigenvalue weighted by atomic mass is 9.58. The van der Waals surface area contributed by atoms with Crippen LogP contribution >= 0.6 is 0 Å². The van der Waals surface area contributed by atoms with Crippen LogP contribution in [-0.4, -0.2) is 42.1 Å². The van der Waals surface area contributed by atoms with Crippen molar-refractivity contribution in [2.45, 2.75) is 75.5 Å². The molecule has 170 valence electrons. The van der Waals surface area contributed by atoms with Crippen molar-refractivity contribution >= 4 is 11.6 Å². The molecule has 1 saturated heterocycles. The monoisotopic (exact) mass is 432 g/mol. The Morgan fingerprint density at radius 1 is 1.12 bits per heavy atom. The van der Waals surface area contributed by atoms with Crippen molar-refractivity contribution in [3.8, 4) is 0 Å². The Kier molecular flexibility index (Phi) is 4.55. The van der Waals surface area contributed by atoms with Gasteiger partial charge in [0.1, 0.15) is 0 Å². The molecule has 2 heterocycles. The number of rotatable bonds is 3. The number of anilines is 1. The average Bonchev–Trinajstić information content (AvgIpc) is 3.29. The van der Waals surface area contributed by atoms with E-state index in [1.807, 2.05) is 30.3 Å². The van der Waals surface area contributed by atoms with Crippen LogP contribution in [0.2, 0.25) is 0 Å². The summed E-state index contributed by atoms with van der Waals surface area (Å²) >= 11 is 0. The van der Waals surface area contributed by atoms with Crippen molar-refractivity contribution in [3.05, 3.63) is 53.6 Å². The Balaban J connectivity index is 1.31. The standard InChI is InChI=1S/C28H36N2O2/c1-26-14-13-20-17-19-9-10-22(30(2)3)18-27(19)15-16-28(20,32-27)24(26)12-11-23(26)25(31)29-21-7-5-4-6-8-21/h4-8,13,17,22-24H,9-12,14-16,18H2,1-3H3,(H,29,31)/t22-,23+,24+,26+,27+,28+/m0/s1. The zero-order valence-corrected chi connectivity index (χ0v) is 19.7. The maximum absolute atomic E-state index is 13.4. The molecule has 3 fully saturated rings. The normalized spacial score (nSPS) is 41.9. The highest BCUT2D eigenvalue weighted by Gasteiger charge is 2.67. The van der Waals surface area contributed by atoms with Gasteiger partial charge in [0.15, 0.2) is 0 Å². The van der Waals surface area contributed by atoms with Gasteiger partial charge in [-0.25, -0.2) is 0 Å². The fourth-order valence-electron chi connectivity index (χ4n) is 8.00. The van der Waals surface area contributed by atoms with E-state index in [1.165, 1.54) is 17.6 Å². The van der Waals surface area contributed by atoms with E-state index in [4.69, 9.17) is 4.74 Å². The van der Waals surface area contributed by atoms with Crippen LogP contribution in [-0.2, 0) is 9.53 Å². The predicted octanol–water partition coefficient (Wildman–Crippen LogP) is 5.33. The van der Waals surface area contributed by atoms with Crippen LogP contribution in [0, 0.1) is 17.3 Å². The van der Waals surface area contributed by atoms with Crippen LogP contribution in [0.25, 0.3) is 0 Å². The minimum absolute atomic E-state index is 0.0336. The molecule has 3 aliphatic carbocycles. The molecule has 4 heteroatoms. The van der Waals surface area contributed by atoms with Gasteiger partial charge >= 0.3 is 0 Å². The minimum atomic E-state index is -0.188. The first-order valence-electron chi connectivity index (χ1n) is 12.5. The topological polar surface area (TPSA) is 41.6 Å². The second-order valence-corrected chi connectivity index (χ2v) is 11.4. The van der Waals surface area contributed by atoms with Crippen molar-refractivity contribution in [1.29, 1.82) is 0 Å². The molecule has 2 saturated carbocycles. The number of nitrogens with one attached hydrogen (secondary N) is 1. The van der Waals surface area contributed by atoms with Crippen molar-refractivity contribution < 1.29 is 9.53 Å². The summed E-state index contributed by atoms with van der Waals surface area (Å²) in [6.07, 6.45) is 13.7. The van der Waals surface area contributed by atoms with Crippen LogP contribution in [0.4, 0.5) is 5.69 Å². The SMILES string of the molecule is CN(C)[C@H]1CCC2=CC3=CC[C@]4(C)[C@@H](C(=O)Nc5ccccc5)CC[C@H]4[C@@]34CC[C@]2(C1)O4. The molecule has 1 aromatic rings. The third-order valence-electron chi connectivity index (χ3n) is 9.74. The molecular formula is C28H36N2O2. The fourth-order valence-corrected chi connectivity index (χ4v) is 8.00. The number of hydrogen-bond donors (Lipinski definition) is 1. The maximum atomic E-state index is 13.4. The van der Waals surface area contributed by atoms with Crippen LogP contribution in [0.3, 0.4) is 0 Å². The van der Waals surface area contributed by atoms with Gasteiger partial charge in [-0.15, -0.1) is 0 Å². The Bertz CT molecular complexity index is 998. The minimum Gasteiger partial charge on any atom is -0.359 e. The first-order valence-corrected chi connectivity index (χ1v) is 12.5. The average molecular weight is 433 g/mol. The van der Waals surface area contributed by atoms with Crippen LogP contribution in [0.1, 0.15) is 58.3 Å². The number of hydrogen-bond acceptors (Lipinski definition) is 3. The Morgan fingerprint density at radius 3 is 2.72 bits per heavy atom. The van der Waals surface area contributed by atoms with Gasteiger partial charge < -0.3 is 15.0 Å². The summed E-state index contributed by atoms with van der Waals surface area (Å²) in [6.45, 7) is 2.36. The smallest absolute Gasteiger partial charge is 0.228 e. The molecule has 2 aliphatic heterocycles. The molecule has 5 aliphatic rings. The number of ether oxygens (including phenoxy) is 1. The number of carbonyl (C=O) groups excluding carboxylic acids is 1. The largest absolute Gasteiger partial charge is 0.359 e. The fraction of sp³-hybridized carbons (Fsp3) is 0.607. The number of carbonyl (C=O) groups is 1. The Morgan fingerprint density at radius 2 is 1.94 bits per heavy atom. The number of allylic oxidation sites excluding steroid dienone is 1. The first kappa shape index (κ1) is 20.7. The molecule has 6 atom stereocenters. The molecule has 2 bridgehead atoms. The molecule has 4 nitrogen and oxygen atoms in total. The van der Waals surface area contributed by atoms with Crippen molar-refractivity contribution in [2.75, 3.05) is 19.4 Å². The van der Waals surface area contributed by atoms with Crippen LogP contribution < -0.4 is 5.32 Å². The van der Waals surface area contributed by atoms with Gasteiger partial charge in [-0.05, 0) is 100 Å². The number of benzene rings is 1. The van der Waals surface area contributed by atoms with E-state index in [1.54, 1.807) is 0 Å². The highest BCUT2D eigenvalue weighted by molar-refractivity contribution is 5.93. The molecule has 1 aromatic carbocycles. The summed E-state index contributed by atoms with van der Waals surface area (Å²) in [4.78, 5) is 15.8. The molecule has 1 N–H and O–H groups in total. The summed E-state index contributed by atoms with van der Waals surface area (Å²) in [5.41, 5.74) is 3.55. The summed E-state index contributed by atoms with van der Waals surface area (Å²) in [5.74, 6) is 0.629. The molecule has 0 aromatic heterocycles. The lowest BCUT2D eigenvalue weighted by Gasteiger charge is -2.54.